The third-order valence-corrected chi connectivity index (χ3v) is 8.59. The molecule has 0 radical (unpaired) electrons. The Kier molecular flexibility index (Phi) is 8.73. The Hall–Kier alpha value is -2.39. The maximum atomic E-state index is 12.8. The summed E-state index contributed by atoms with van der Waals surface area (Å²) in [6.45, 7) is 12.8. The molecule has 1 N–H and O–H groups in total. The predicted molar refractivity (Wildman–Crippen MR) is 139 cm³/mol. The Bertz CT molecular complexity index is 988. The highest BCUT2D eigenvalue weighted by Crippen LogP contribution is 2.63. The van der Waals surface area contributed by atoms with E-state index in [1.54, 1.807) is 27.9 Å². The van der Waals surface area contributed by atoms with Gasteiger partial charge < -0.3 is 28.8 Å². The molecule has 0 bridgehead atoms. The van der Waals surface area contributed by atoms with Crippen LogP contribution in [-0.2, 0) is 38.1 Å². The summed E-state index contributed by atoms with van der Waals surface area (Å²) >= 11 is 0. The SMILES string of the molecule is COCO[C@H]1[C@@H](COC(=O)C(C)(C)C)C[C@H](OC(C)=O)[C@@H]2[C@H]1C=C[C@@H]1C(C)(C)C(O)=C(C(=O)OC)C[C@@]21C. The van der Waals surface area contributed by atoms with Gasteiger partial charge in [0.1, 0.15) is 18.7 Å². The average Bonchev–Trinajstić information content (AvgIpc) is 2.82. The van der Waals surface area contributed by atoms with E-state index in [2.05, 4.69) is 19.1 Å². The fourth-order valence-corrected chi connectivity index (χ4v) is 6.98. The lowest BCUT2D eigenvalue weighted by molar-refractivity contribution is -0.203. The van der Waals surface area contributed by atoms with Crippen LogP contribution < -0.4 is 0 Å². The topological polar surface area (TPSA) is 118 Å². The maximum absolute atomic E-state index is 12.8. The monoisotopic (exact) mass is 536 g/mol. The maximum Gasteiger partial charge on any atom is 0.337 e. The van der Waals surface area contributed by atoms with Crippen LogP contribution in [0.1, 0.15) is 61.3 Å². The number of fused-ring (bicyclic) bond motifs is 3. The van der Waals surface area contributed by atoms with Crippen LogP contribution in [0.4, 0.5) is 0 Å². The molecule has 214 valence electrons. The zero-order chi connectivity index (χ0) is 28.6. The van der Waals surface area contributed by atoms with Crippen molar-refractivity contribution in [1.82, 2.24) is 0 Å². The number of allylic oxidation sites excluding steroid dienone is 2. The number of aliphatic hydroxyl groups is 1. The number of aliphatic hydroxyl groups excluding tert-OH is 1. The average molecular weight is 537 g/mol. The van der Waals surface area contributed by atoms with E-state index in [0.29, 0.717) is 6.42 Å². The van der Waals surface area contributed by atoms with Gasteiger partial charge in [-0.25, -0.2) is 4.79 Å². The first-order valence-electron chi connectivity index (χ1n) is 13.2. The van der Waals surface area contributed by atoms with E-state index in [-0.39, 0.29) is 60.8 Å². The molecule has 0 aliphatic heterocycles. The van der Waals surface area contributed by atoms with E-state index in [4.69, 9.17) is 23.7 Å². The smallest absolute Gasteiger partial charge is 0.337 e. The second kappa shape index (κ2) is 11.0. The molecule has 3 aliphatic carbocycles. The lowest BCUT2D eigenvalue weighted by Crippen LogP contribution is -2.61. The predicted octanol–water partition coefficient (Wildman–Crippen LogP) is 4.36. The van der Waals surface area contributed by atoms with Crippen molar-refractivity contribution in [3.8, 4) is 0 Å². The van der Waals surface area contributed by atoms with Crippen LogP contribution in [0, 0.1) is 39.9 Å². The third-order valence-electron chi connectivity index (χ3n) is 8.59. The molecule has 38 heavy (non-hydrogen) atoms. The number of methoxy groups -OCH3 is 2. The molecule has 0 amide bonds. The Balaban J connectivity index is 2.09. The van der Waals surface area contributed by atoms with Crippen LogP contribution in [0.5, 0.6) is 0 Å². The standard InChI is InChI=1S/C29H44O9/c1-16(30)38-20-12-17(14-36-26(33)27(2,3)4)23(37-15-34-8)18-10-11-21-28(5,6)24(31)19(25(32)35-9)13-29(21,7)22(18)20/h10-11,17-18,20-23,31H,12-15H2,1-9H3/t17-,18-,20+,21-,22+,23+,29-/m1/s1. The molecule has 0 spiro atoms. The van der Waals surface area contributed by atoms with Crippen molar-refractivity contribution >= 4 is 17.9 Å². The highest BCUT2D eigenvalue weighted by molar-refractivity contribution is 5.89. The summed E-state index contributed by atoms with van der Waals surface area (Å²) < 4.78 is 28.2. The normalized spacial score (nSPS) is 34.1. The zero-order valence-corrected chi connectivity index (χ0v) is 24.2. The summed E-state index contributed by atoms with van der Waals surface area (Å²) in [5.41, 5.74) is -1.77. The highest BCUT2D eigenvalue weighted by atomic mass is 16.7. The second-order valence-corrected chi connectivity index (χ2v) is 12.7. The Labute approximate surface area is 225 Å². The molecule has 0 unspecified atom stereocenters. The number of esters is 3. The molecule has 9 nitrogen and oxygen atoms in total. The summed E-state index contributed by atoms with van der Waals surface area (Å²) in [5.74, 6) is -2.16. The number of carbonyl (C=O) groups is 3. The number of ether oxygens (including phenoxy) is 5. The van der Waals surface area contributed by atoms with Crippen LogP contribution in [0.3, 0.4) is 0 Å². The van der Waals surface area contributed by atoms with Crippen molar-refractivity contribution < 1.29 is 43.2 Å². The molecule has 3 rings (SSSR count). The number of carbonyl (C=O) groups excluding carboxylic acids is 3. The summed E-state index contributed by atoms with van der Waals surface area (Å²) in [4.78, 5) is 37.6. The van der Waals surface area contributed by atoms with Crippen molar-refractivity contribution in [2.45, 2.75) is 73.5 Å². The van der Waals surface area contributed by atoms with Gasteiger partial charge in [-0.1, -0.05) is 32.9 Å². The summed E-state index contributed by atoms with van der Waals surface area (Å²) in [6, 6.07) is 0. The van der Waals surface area contributed by atoms with Gasteiger partial charge in [0.2, 0.25) is 0 Å². The van der Waals surface area contributed by atoms with Crippen molar-refractivity contribution in [3.05, 3.63) is 23.5 Å². The van der Waals surface area contributed by atoms with E-state index in [1.165, 1.54) is 14.0 Å². The van der Waals surface area contributed by atoms with Crippen LogP contribution in [0.15, 0.2) is 23.5 Å². The highest BCUT2D eigenvalue weighted by Gasteiger charge is 2.62. The van der Waals surface area contributed by atoms with Crippen molar-refractivity contribution in [1.29, 1.82) is 0 Å². The van der Waals surface area contributed by atoms with Crippen LogP contribution in [0.2, 0.25) is 0 Å². The van der Waals surface area contributed by atoms with Gasteiger partial charge in [0.25, 0.3) is 0 Å². The van der Waals surface area contributed by atoms with Crippen LogP contribution in [0.25, 0.3) is 0 Å². The lowest BCUT2D eigenvalue weighted by atomic mass is 9.45. The van der Waals surface area contributed by atoms with Gasteiger partial charge in [-0.15, -0.1) is 0 Å². The van der Waals surface area contributed by atoms with Crippen molar-refractivity contribution in [2.75, 3.05) is 27.6 Å². The van der Waals surface area contributed by atoms with Gasteiger partial charge in [0, 0.05) is 37.2 Å². The molecule has 3 aliphatic rings. The van der Waals surface area contributed by atoms with E-state index in [1.807, 2.05) is 13.8 Å². The molecule has 0 saturated heterocycles. The lowest BCUT2D eigenvalue weighted by Gasteiger charge is -2.60. The van der Waals surface area contributed by atoms with E-state index in [0.717, 1.165) is 0 Å². The van der Waals surface area contributed by atoms with Gasteiger partial charge >= 0.3 is 17.9 Å². The van der Waals surface area contributed by atoms with Gasteiger partial charge in [0.15, 0.2) is 0 Å². The van der Waals surface area contributed by atoms with E-state index >= 15 is 0 Å². The van der Waals surface area contributed by atoms with Gasteiger partial charge in [-0.05, 0) is 44.9 Å². The number of hydrogen-bond donors (Lipinski definition) is 1. The van der Waals surface area contributed by atoms with Gasteiger partial charge in [-0.3, -0.25) is 9.59 Å². The summed E-state index contributed by atoms with van der Waals surface area (Å²) in [6.07, 6.45) is 3.91. The second-order valence-electron chi connectivity index (χ2n) is 12.7. The molecule has 0 aromatic carbocycles. The molecule has 1 saturated carbocycles. The van der Waals surface area contributed by atoms with Gasteiger partial charge in [-0.2, -0.15) is 0 Å². The van der Waals surface area contributed by atoms with Crippen LogP contribution in [-0.4, -0.2) is 62.8 Å². The van der Waals surface area contributed by atoms with Crippen LogP contribution >= 0.6 is 0 Å². The first-order valence-corrected chi connectivity index (χ1v) is 13.2. The molecule has 0 heterocycles. The van der Waals surface area contributed by atoms with E-state index < -0.39 is 40.4 Å². The van der Waals surface area contributed by atoms with E-state index in [9.17, 15) is 19.5 Å². The molecular weight excluding hydrogens is 492 g/mol. The first kappa shape index (κ1) is 30.2. The molecule has 0 aromatic rings. The minimum atomic E-state index is -0.763. The molecular formula is C29H44O9. The summed E-state index contributed by atoms with van der Waals surface area (Å²) in [7, 11) is 2.85. The fourth-order valence-electron chi connectivity index (χ4n) is 6.98. The minimum Gasteiger partial charge on any atom is -0.511 e. The fraction of sp³-hybridized carbons (Fsp3) is 0.759. The Morgan fingerprint density at radius 1 is 1.11 bits per heavy atom. The Morgan fingerprint density at radius 2 is 1.76 bits per heavy atom. The quantitative estimate of drug-likeness (QED) is 0.219. The molecule has 9 heteroatoms. The van der Waals surface area contributed by atoms with Gasteiger partial charge in [0.05, 0.1) is 30.8 Å². The zero-order valence-electron chi connectivity index (χ0n) is 24.2. The molecule has 7 atom stereocenters. The van der Waals surface area contributed by atoms with Crippen molar-refractivity contribution in [3.63, 3.8) is 0 Å². The number of hydrogen-bond acceptors (Lipinski definition) is 9. The first-order chi connectivity index (χ1) is 17.6. The molecule has 0 aromatic heterocycles. The number of rotatable bonds is 7. The minimum absolute atomic E-state index is 0.0222. The summed E-state index contributed by atoms with van der Waals surface area (Å²) in [5, 5.41) is 11.1. The van der Waals surface area contributed by atoms with Crippen molar-refractivity contribution in [2.24, 2.45) is 39.9 Å². The third kappa shape index (κ3) is 5.50. The molecule has 1 fully saturated rings. The Morgan fingerprint density at radius 3 is 2.32 bits per heavy atom. The largest absolute Gasteiger partial charge is 0.511 e.